The van der Waals surface area contributed by atoms with Crippen molar-refractivity contribution in [3.05, 3.63) is 99.2 Å². The molecule has 0 bridgehead atoms. The van der Waals surface area contributed by atoms with E-state index in [2.05, 4.69) is 43.9 Å². The highest BCUT2D eigenvalue weighted by Gasteiger charge is 2.42. The molecule has 2 aliphatic carbocycles. The van der Waals surface area contributed by atoms with Gasteiger partial charge in [0.1, 0.15) is 5.75 Å². The predicted molar refractivity (Wildman–Crippen MR) is 219 cm³/mol. The van der Waals surface area contributed by atoms with Crippen LogP contribution < -0.4 is 4.90 Å². The van der Waals surface area contributed by atoms with Crippen molar-refractivity contribution in [1.82, 2.24) is 5.06 Å². The van der Waals surface area contributed by atoms with Gasteiger partial charge < -0.3 is 14.8 Å². The molecule has 12 nitrogen and oxygen atoms in total. The van der Waals surface area contributed by atoms with Crippen LogP contribution in [-0.2, 0) is 34.8 Å². The number of carbonyl (C=O) groups is 4. The largest absolute Gasteiger partial charge is 0.478 e. The molecule has 6 rings (SSSR count). The third-order valence-electron chi connectivity index (χ3n) is 11.4. The van der Waals surface area contributed by atoms with Gasteiger partial charge in [0.05, 0.1) is 16.8 Å². The molecule has 2 heterocycles. The molecule has 2 aliphatic heterocycles. The molecule has 0 saturated carbocycles. The number of carbonyl (C=O) groups excluding carboxylic acids is 3. The molecular weight excluding hydrogens is 747 g/mol. The Labute approximate surface area is 334 Å². The average molecular weight is 798 g/mol. The Morgan fingerprint density at radius 3 is 2.28 bits per heavy atom. The fourth-order valence-corrected chi connectivity index (χ4v) is 8.81. The number of amides is 2. The Kier molecular flexibility index (Phi) is 11.7. The van der Waals surface area contributed by atoms with E-state index >= 15 is 0 Å². The maximum atomic E-state index is 12.8. The summed E-state index contributed by atoms with van der Waals surface area (Å²) in [4.78, 5) is 60.8. The molecule has 0 radical (unpaired) electrons. The van der Waals surface area contributed by atoms with E-state index < -0.39 is 50.6 Å². The summed E-state index contributed by atoms with van der Waals surface area (Å²) in [5.74, 6) is -3.25. The van der Waals surface area contributed by atoms with Crippen LogP contribution in [0.25, 0.3) is 11.1 Å². The maximum absolute atomic E-state index is 12.8. The van der Waals surface area contributed by atoms with E-state index in [0.29, 0.717) is 47.6 Å². The molecule has 1 saturated heterocycles. The van der Waals surface area contributed by atoms with Crippen LogP contribution in [0.1, 0.15) is 125 Å². The molecule has 57 heavy (non-hydrogen) atoms. The molecule has 1 fully saturated rings. The number of carboxylic acids is 1. The Balaban J connectivity index is 1.42. The van der Waals surface area contributed by atoms with Gasteiger partial charge in [-0.05, 0) is 114 Å². The first kappa shape index (κ1) is 41.5. The minimum Gasteiger partial charge on any atom is -0.478 e. The van der Waals surface area contributed by atoms with E-state index in [-0.39, 0.29) is 24.8 Å². The third-order valence-corrected chi connectivity index (χ3v) is 12.1. The monoisotopic (exact) mass is 797 g/mol. The van der Waals surface area contributed by atoms with Gasteiger partial charge >= 0.3 is 11.9 Å². The van der Waals surface area contributed by atoms with Crippen LogP contribution in [0.4, 0.5) is 5.69 Å². The number of carboxylic acid groups (broad SMARTS) is 1. The normalized spacial score (nSPS) is 19.1. The number of imide groups is 1. The Morgan fingerprint density at radius 1 is 0.912 bits per heavy atom. The van der Waals surface area contributed by atoms with Gasteiger partial charge in [0.2, 0.25) is 0 Å². The molecule has 13 heteroatoms. The van der Waals surface area contributed by atoms with Crippen molar-refractivity contribution in [1.29, 1.82) is 0 Å². The Morgan fingerprint density at radius 2 is 1.61 bits per heavy atom. The molecule has 2 aromatic rings. The van der Waals surface area contributed by atoms with E-state index in [1.807, 2.05) is 45.2 Å². The molecule has 4 aliphatic rings. The molecule has 0 atom stereocenters. The zero-order valence-electron chi connectivity index (χ0n) is 33.5. The van der Waals surface area contributed by atoms with E-state index in [0.717, 1.165) is 64.1 Å². The number of unbranched alkanes of at least 4 members (excludes halogenated alkanes) is 3. The van der Waals surface area contributed by atoms with Crippen molar-refractivity contribution in [2.75, 3.05) is 24.2 Å². The van der Waals surface area contributed by atoms with Crippen molar-refractivity contribution in [3.63, 3.8) is 0 Å². The van der Waals surface area contributed by atoms with Gasteiger partial charge in [0.15, 0.2) is 0 Å². The van der Waals surface area contributed by atoms with Gasteiger partial charge in [-0.3, -0.25) is 19.1 Å². The van der Waals surface area contributed by atoms with Crippen LogP contribution in [0.5, 0.6) is 0 Å². The van der Waals surface area contributed by atoms with Gasteiger partial charge in [0.25, 0.3) is 21.9 Å². The number of hydroxylamine groups is 2. The Hall–Kier alpha value is -5.14. The van der Waals surface area contributed by atoms with Crippen LogP contribution in [0.2, 0.25) is 0 Å². The standard InChI is InChI=1S/C44H51N3O9S/c1-7-8-14-27-21-32-34(23-36(27)45-20-13-9-10-17-40(50)56-47-38(48)18-19-39(47)49)44(4,5)35-24-37-31(28(26-57(53,54)55)25-43(2,3)46(37)6)22-33(35)41(32)29-15-11-12-16-30(29)42(51)52/h11-12,15-16,21-25H,7-10,13-14,17-20,26H2,1-6H3,(H,51,52)(H,53,54,55)/b45-36+. The average Bonchev–Trinajstić information content (AvgIpc) is 3.45. The van der Waals surface area contributed by atoms with Crippen molar-refractivity contribution >= 4 is 56.4 Å². The van der Waals surface area contributed by atoms with E-state index in [1.165, 1.54) is 0 Å². The zero-order valence-corrected chi connectivity index (χ0v) is 34.3. The quantitative estimate of drug-likeness (QED) is 0.110. The number of nitrogens with zero attached hydrogens (tertiary/aromatic N) is 3. The molecule has 0 aromatic heterocycles. The summed E-state index contributed by atoms with van der Waals surface area (Å²) >= 11 is 0. The van der Waals surface area contributed by atoms with Crippen LogP contribution in [-0.4, -0.2) is 77.5 Å². The zero-order chi connectivity index (χ0) is 41.4. The van der Waals surface area contributed by atoms with Crippen LogP contribution in [0.15, 0.2) is 76.3 Å². The van der Waals surface area contributed by atoms with Crippen molar-refractivity contribution in [2.24, 2.45) is 4.99 Å². The lowest BCUT2D eigenvalue weighted by atomic mass is 9.62. The number of fused-ring (bicyclic) bond motifs is 3. The molecule has 0 unspecified atom stereocenters. The van der Waals surface area contributed by atoms with Crippen molar-refractivity contribution in [3.8, 4) is 0 Å². The number of hydrogen-bond acceptors (Lipinski definition) is 9. The molecule has 302 valence electrons. The second-order valence-electron chi connectivity index (χ2n) is 16.2. The van der Waals surface area contributed by atoms with E-state index in [1.54, 1.807) is 12.1 Å². The summed E-state index contributed by atoms with van der Waals surface area (Å²) in [6.07, 6.45) is 10.8. The van der Waals surface area contributed by atoms with Gasteiger partial charge in [-0.2, -0.15) is 8.42 Å². The molecule has 2 amide bonds. The van der Waals surface area contributed by atoms with Gasteiger partial charge in [-0.1, -0.05) is 57.9 Å². The first-order chi connectivity index (χ1) is 26.8. The fourth-order valence-electron chi connectivity index (χ4n) is 8.18. The minimum absolute atomic E-state index is 0.0466. The van der Waals surface area contributed by atoms with Crippen LogP contribution in [0.3, 0.4) is 0 Å². The second-order valence-corrected chi connectivity index (χ2v) is 17.7. The highest BCUT2D eigenvalue weighted by molar-refractivity contribution is 7.86. The van der Waals surface area contributed by atoms with Gasteiger partial charge in [0, 0.05) is 49.5 Å². The van der Waals surface area contributed by atoms with Gasteiger partial charge in [-0.25, -0.2) is 9.59 Å². The Bertz CT molecular complexity index is 2290. The van der Waals surface area contributed by atoms with Crippen LogP contribution in [0, 0.1) is 0 Å². The molecule has 0 spiro atoms. The van der Waals surface area contributed by atoms with Crippen molar-refractivity contribution < 1.29 is 42.1 Å². The minimum atomic E-state index is -4.38. The number of likely N-dealkylation sites (N-methyl/N-ethyl adjacent to an activating group) is 1. The van der Waals surface area contributed by atoms with Gasteiger partial charge in [-0.15, -0.1) is 5.06 Å². The maximum Gasteiger partial charge on any atom is 0.336 e. The summed E-state index contributed by atoms with van der Waals surface area (Å²) in [5, 5.41) is 11.0. The fraction of sp³-hybridized carbons (Fsp3) is 0.432. The molecule has 2 N–H and O–H groups in total. The number of allylic oxidation sites excluding steroid dienone is 5. The molecule has 2 aromatic carbocycles. The summed E-state index contributed by atoms with van der Waals surface area (Å²) < 4.78 is 34.7. The number of aliphatic imine (C=N–C) groups is 1. The van der Waals surface area contributed by atoms with E-state index in [4.69, 9.17) is 9.83 Å². The lowest BCUT2D eigenvalue weighted by molar-refractivity contribution is -0.197. The molecular formula is C44H51N3O9S. The SMILES string of the molecule is CCCCC1=CC2=C(c3ccccc3C(=O)O)c3cc4c(cc3C(C)(C)C2=C/C1=N\CCCCCC(=O)ON1C(=O)CCC1=O)N(C)C(C)(C)C=C4CS(=O)(=O)O. The first-order valence-corrected chi connectivity index (χ1v) is 21.2. The number of hydrogen-bond donors (Lipinski definition) is 2. The third kappa shape index (κ3) is 8.45. The summed E-state index contributed by atoms with van der Waals surface area (Å²) in [6.45, 7) is 10.9. The summed E-state index contributed by atoms with van der Waals surface area (Å²) in [7, 11) is -2.43. The number of rotatable bonds is 14. The smallest absolute Gasteiger partial charge is 0.336 e. The summed E-state index contributed by atoms with van der Waals surface area (Å²) in [5.41, 5.74) is 7.61. The van der Waals surface area contributed by atoms with Crippen molar-refractivity contribution in [2.45, 2.75) is 103 Å². The van der Waals surface area contributed by atoms with Crippen LogP contribution >= 0.6 is 0 Å². The highest BCUT2D eigenvalue weighted by Crippen LogP contribution is 2.54. The predicted octanol–water partition coefficient (Wildman–Crippen LogP) is 7.64. The number of anilines is 1. The second kappa shape index (κ2) is 16.0. The highest BCUT2D eigenvalue weighted by atomic mass is 32.2. The topological polar surface area (TPSA) is 171 Å². The summed E-state index contributed by atoms with van der Waals surface area (Å²) in [6, 6.07) is 11.0. The lowest BCUT2D eigenvalue weighted by Gasteiger charge is -2.45. The van der Waals surface area contributed by atoms with E-state index in [9.17, 15) is 37.3 Å². The first-order valence-electron chi connectivity index (χ1n) is 19.6. The number of benzene rings is 2. The lowest BCUT2D eigenvalue weighted by Crippen LogP contribution is -2.43. The number of aromatic carboxylic acids is 1.